The summed E-state index contributed by atoms with van der Waals surface area (Å²) in [5.41, 5.74) is 5.80. The van der Waals surface area contributed by atoms with Gasteiger partial charge in [0, 0.05) is 27.9 Å². The second-order valence-corrected chi connectivity index (χ2v) is 12.6. The number of hydrogen-bond donors (Lipinski definition) is 3. The molecule has 1 fully saturated rings. The fourth-order valence-electron chi connectivity index (χ4n) is 7.27. The highest BCUT2D eigenvalue weighted by Gasteiger charge is 2.51. The first kappa shape index (κ1) is 28.3. The molecular formula is C39H27N13. The van der Waals surface area contributed by atoms with Crippen LogP contribution in [0.4, 0.5) is 23.4 Å². The van der Waals surface area contributed by atoms with E-state index in [1.807, 2.05) is 108 Å². The zero-order chi connectivity index (χ0) is 34.2. The number of nitrogens with zero attached hydrogens (tertiary/aromatic N) is 10. The van der Waals surface area contributed by atoms with Crippen molar-refractivity contribution in [3.63, 3.8) is 0 Å². The molecule has 10 aromatic rings. The van der Waals surface area contributed by atoms with Crippen LogP contribution in [-0.2, 0) is 0 Å². The minimum Gasteiger partial charge on any atom is -0.322 e. The van der Waals surface area contributed by atoms with Crippen LogP contribution in [0.25, 0.3) is 54.6 Å². The van der Waals surface area contributed by atoms with E-state index < -0.39 is 6.17 Å². The molecule has 0 radical (unpaired) electrons. The molecule has 1 unspecified atom stereocenters. The van der Waals surface area contributed by atoms with Gasteiger partial charge in [0.15, 0.2) is 23.6 Å². The lowest BCUT2D eigenvalue weighted by atomic mass is 10.1. The van der Waals surface area contributed by atoms with Crippen molar-refractivity contribution in [1.82, 2.24) is 45.5 Å². The summed E-state index contributed by atoms with van der Waals surface area (Å²) < 4.78 is 0. The lowest BCUT2D eigenvalue weighted by Gasteiger charge is -2.35. The Balaban J connectivity index is 1.29. The minimum absolute atomic E-state index is 0.578. The lowest BCUT2D eigenvalue weighted by Crippen LogP contribution is -2.50. The summed E-state index contributed by atoms with van der Waals surface area (Å²) in [5, 5.41) is 32.4. The van der Waals surface area contributed by atoms with Gasteiger partial charge < -0.3 is 4.98 Å². The van der Waals surface area contributed by atoms with Crippen LogP contribution in [0.2, 0.25) is 0 Å². The Kier molecular flexibility index (Phi) is 5.98. The number of H-pyrrole nitrogens is 3. The normalized spacial score (nSPS) is 15.0. The van der Waals surface area contributed by atoms with Gasteiger partial charge in [0.1, 0.15) is 5.52 Å². The van der Waals surface area contributed by atoms with Gasteiger partial charge in [-0.2, -0.15) is 5.10 Å². The number of imidazole rings is 1. The second kappa shape index (κ2) is 11.0. The number of nitrogens with one attached hydrogen (secondary N) is 3. The number of hydrazine groups is 3. The van der Waals surface area contributed by atoms with E-state index in [1.54, 1.807) is 0 Å². The number of benzene rings is 5. The third-order valence-corrected chi connectivity index (χ3v) is 9.61. The molecule has 1 atom stereocenters. The SMILES string of the molecule is c1ccc2nc(N3N(c4nc5ccccc5[nH]4)C(c4cccc5[nH]nnc45)N(c4n[nH]c5ccccc45)N3c3nccc4ccccc34)ccc2c1. The van der Waals surface area contributed by atoms with Crippen LogP contribution in [0.15, 0.2) is 140 Å². The highest BCUT2D eigenvalue weighted by molar-refractivity contribution is 5.98. The van der Waals surface area contributed by atoms with Crippen LogP contribution in [0.3, 0.4) is 0 Å². The van der Waals surface area contributed by atoms with Crippen molar-refractivity contribution in [1.29, 1.82) is 0 Å². The lowest BCUT2D eigenvalue weighted by molar-refractivity contribution is 0.686. The summed E-state index contributed by atoms with van der Waals surface area (Å²) in [6, 6.07) is 44.6. The second-order valence-electron chi connectivity index (χ2n) is 12.6. The van der Waals surface area contributed by atoms with Crippen LogP contribution >= 0.6 is 0 Å². The first-order valence-corrected chi connectivity index (χ1v) is 16.9. The van der Waals surface area contributed by atoms with Gasteiger partial charge in [-0.3, -0.25) is 10.2 Å². The van der Waals surface area contributed by atoms with Crippen molar-refractivity contribution in [2.75, 3.05) is 20.3 Å². The largest absolute Gasteiger partial charge is 0.322 e. The van der Waals surface area contributed by atoms with Crippen LogP contribution < -0.4 is 20.3 Å². The third-order valence-electron chi connectivity index (χ3n) is 9.61. The molecule has 5 aromatic heterocycles. The van der Waals surface area contributed by atoms with Crippen LogP contribution in [0, 0.1) is 0 Å². The van der Waals surface area contributed by atoms with E-state index in [2.05, 4.69) is 77.0 Å². The number of rotatable bonds is 5. The number of aromatic nitrogens is 9. The van der Waals surface area contributed by atoms with E-state index in [9.17, 15) is 0 Å². The number of anilines is 4. The summed E-state index contributed by atoms with van der Waals surface area (Å²) in [7, 11) is 0. The Labute approximate surface area is 294 Å². The zero-order valence-electron chi connectivity index (χ0n) is 27.3. The Morgan fingerprint density at radius 1 is 0.538 bits per heavy atom. The van der Waals surface area contributed by atoms with E-state index in [0.717, 1.165) is 54.7 Å². The fraction of sp³-hybridized carbons (Fsp3) is 0.0256. The molecule has 248 valence electrons. The highest BCUT2D eigenvalue weighted by Crippen LogP contribution is 2.48. The quantitative estimate of drug-likeness (QED) is 0.167. The van der Waals surface area contributed by atoms with Crippen molar-refractivity contribution in [2.24, 2.45) is 0 Å². The molecule has 0 amide bonds. The number of para-hydroxylation sites is 4. The Morgan fingerprint density at radius 3 is 2.21 bits per heavy atom. The van der Waals surface area contributed by atoms with Crippen LogP contribution in [0.5, 0.6) is 0 Å². The zero-order valence-corrected chi connectivity index (χ0v) is 27.3. The Bertz CT molecular complexity index is 2910. The van der Waals surface area contributed by atoms with E-state index in [1.165, 1.54) is 0 Å². The summed E-state index contributed by atoms with van der Waals surface area (Å²) in [6.07, 6.45) is 1.19. The molecule has 1 aliphatic heterocycles. The smallest absolute Gasteiger partial charge is 0.227 e. The standard InChI is InChI=1S/C39H27N13/c1-3-12-26-24(10-1)22-23-40-36(26)52-49(37-27-13-4-6-16-30(27)44-47-37)38(28-14-9-19-33-35(28)46-48-45-33)50(39-42-31-17-7-8-18-32(31)43-39)51(52)34-21-20-25-11-2-5-15-29(25)41-34/h1-23,38H,(H,42,43)(H,44,47)(H,45,46,48). The third kappa shape index (κ3) is 4.16. The highest BCUT2D eigenvalue weighted by atomic mass is 16.1. The molecule has 6 heterocycles. The molecule has 13 heteroatoms. The van der Waals surface area contributed by atoms with Gasteiger partial charge in [0.25, 0.3) is 0 Å². The molecule has 3 N–H and O–H groups in total. The van der Waals surface area contributed by atoms with Gasteiger partial charge in [-0.15, -0.1) is 15.3 Å². The molecule has 1 aliphatic rings. The van der Waals surface area contributed by atoms with Crippen molar-refractivity contribution in [3.8, 4) is 0 Å². The average Bonchev–Trinajstić information content (AvgIpc) is 4.01. The molecule has 5 aromatic carbocycles. The molecule has 13 nitrogen and oxygen atoms in total. The molecule has 1 saturated heterocycles. The van der Waals surface area contributed by atoms with Gasteiger partial charge in [-0.25, -0.2) is 25.0 Å². The van der Waals surface area contributed by atoms with Crippen molar-refractivity contribution in [3.05, 3.63) is 145 Å². The fourth-order valence-corrected chi connectivity index (χ4v) is 7.27. The summed E-state index contributed by atoms with van der Waals surface area (Å²) >= 11 is 0. The van der Waals surface area contributed by atoms with Gasteiger partial charge in [-0.05, 0) is 60.0 Å². The van der Waals surface area contributed by atoms with E-state index in [4.69, 9.17) is 20.1 Å². The van der Waals surface area contributed by atoms with Gasteiger partial charge in [-0.1, -0.05) is 84.1 Å². The van der Waals surface area contributed by atoms with Gasteiger partial charge in [0.05, 0.1) is 27.6 Å². The maximum Gasteiger partial charge on any atom is 0.227 e. The number of aromatic amines is 3. The maximum absolute atomic E-state index is 5.29. The van der Waals surface area contributed by atoms with E-state index in [0.29, 0.717) is 28.9 Å². The van der Waals surface area contributed by atoms with Gasteiger partial charge >= 0.3 is 0 Å². The van der Waals surface area contributed by atoms with Crippen LogP contribution in [-0.4, -0.2) is 45.5 Å². The molecule has 0 aliphatic carbocycles. The molecule has 0 saturated carbocycles. The molecule has 0 bridgehead atoms. The minimum atomic E-state index is -0.643. The Morgan fingerprint density at radius 2 is 1.31 bits per heavy atom. The first-order chi connectivity index (χ1) is 25.8. The molecule has 0 spiro atoms. The van der Waals surface area contributed by atoms with Crippen molar-refractivity contribution < 1.29 is 0 Å². The topological polar surface area (TPSA) is 138 Å². The number of fused-ring (bicyclic) bond motifs is 5. The van der Waals surface area contributed by atoms with Crippen molar-refractivity contribution in [2.45, 2.75) is 6.17 Å². The van der Waals surface area contributed by atoms with Crippen LogP contribution in [0.1, 0.15) is 11.7 Å². The molecular weight excluding hydrogens is 651 g/mol. The maximum atomic E-state index is 5.29. The first-order valence-electron chi connectivity index (χ1n) is 16.9. The number of hydrogen-bond acceptors (Lipinski definition) is 10. The predicted molar refractivity (Wildman–Crippen MR) is 202 cm³/mol. The van der Waals surface area contributed by atoms with Gasteiger partial charge in [0.2, 0.25) is 5.95 Å². The Hall–Kier alpha value is -7.54. The molecule has 52 heavy (non-hydrogen) atoms. The van der Waals surface area contributed by atoms with E-state index in [-0.39, 0.29) is 0 Å². The monoisotopic (exact) mass is 677 g/mol. The summed E-state index contributed by atoms with van der Waals surface area (Å²) in [4.78, 5) is 19.2. The summed E-state index contributed by atoms with van der Waals surface area (Å²) in [6.45, 7) is 0. The predicted octanol–water partition coefficient (Wildman–Crippen LogP) is 7.59. The van der Waals surface area contributed by atoms with Crippen molar-refractivity contribution >= 4 is 78.0 Å². The average molecular weight is 678 g/mol. The molecule has 11 rings (SSSR count). The van der Waals surface area contributed by atoms with E-state index >= 15 is 0 Å². The number of pyridine rings is 2. The summed E-state index contributed by atoms with van der Waals surface area (Å²) in [5.74, 6) is 2.54.